The van der Waals surface area contributed by atoms with Gasteiger partial charge >= 0.3 is 0 Å². The maximum absolute atomic E-state index is 13.8. The summed E-state index contributed by atoms with van der Waals surface area (Å²) in [7, 11) is 1.59. The van der Waals surface area contributed by atoms with Crippen LogP contribution in [0.4, 0.5) is 5.69 Å². The second kappa shape index (κ2) is 10.2. The van der Waals surface area contributed by atoms with E-state index in [0.29, 0.717) is 37.4 Å². The number of nitrogens with zero attached hydrogens (tertiary/aromatic N) is 1. The van der Waals surface area contributed by atoms with Crippen LogP contribution in [-0.4, -0.2) is 70.6 Å². The highest BCUT2D eigenvalue weighted by molar-refractivity contribution is 8.02. The van der Waals surface area contributed by atoms with Gasteiger partial charge in [0, 0.05) is 30.6 Å². The van der Waals surface area contributed by atoms with E-state index in [2.05, 4.69) is 17.6 Å². The van der Waals surface area contributed by atoms with E-state index in [4.69, 9.17) is 4.74 Å². The first-order chi connectivity index (χ1) is 16.4. The summed E-state index contributed by atoms with van der Waals surface area (Å²) in [6.45, 7) is 5.12. The number of likely N-dealkylation sites (tertiary alicyclic amines) is 1. The van der Waals surface area contributed by atoms with E-state index in [0.717, 1.165) is 12.8 Å². The molecule has 3 N–H and O–H groups in total. The Hall–Kier alpha value is -2.26. The van der Waals surface area contributed by atoms with Crippen molar-refractivity contribution in [3.63, 3.8) is 0 Å². The third kappa shape index (κ3) is 4.06. The average Bonchev–Trinajstić information content (AvgIpc) is 3.42. The van der Waals surface area contributed by atoms with Gasteiger partial charge in [0.25, 0.3) is 0 Å². The zero-order valence-corrected chi connectivity index (χ0v) is 20.9. The SMILES string of the molecule is CCCNC(=O)[C@@H]1[C@H]2C(=O)N(CCCCO)C(C(=O)Nc3ccc(OC)cc3)C23S[C@@H]1CC3C. The summed E-state index contributed by atoms with van der Waals surface area (Å²) < 4.78 is 4.57. The lowest BCUT2D eigenvalue weighted by molar-refractivity contribution is -0.139. The maximum Gasteiger partial charge on any atom is 0.248 e. The normalized spacial score (nSPS) is 31.5. The van der Waals surface area contributed by atoms with E-state index in [1.54, 1.807) is 48.0 Å². The number of thioether (sulfide) groups is 1. The molecule has 34 heavy (non-hydrogen) atoms. The number of aliphatic hydroxyl groups is 1. The molecule has 3 saturated heterocycles. The van der Waals surface area contributed by atoms with Crippen molar-refractivity contribution in [2.24, 2.45) is 17.8 Å². The van der Waals surface area contributed by atoms with Crippen LogP contribution < -0.4 is 15.4 Å². The molecule has 6 atom stereocenters. The number of ether oxygens (including phenoxy) is 1. The molecule has 3 aliphatic rings. The van der Waals surface area contributed by atoms with Gasteiger partial charge < -0.3 is 25.4 Å². The van der Waals surface area contributed by atoms with Crippen LogP contribution in [0.25, 0.3) is 0 Å². The lowest BCUT2D eigenvalue weighted by Crippen LogP contribution is -2.55. The van der Waals surface area contributed by atoms with Gasteiger partial charge in [-0.05, 0) is 55.9 Å². The van der Waals surface area contributed by atoms with Gasteiger partial charge in [-0.2, -0.15) is 0 Å². The van der Waals surface area contributed by atoms with Crippen molar-refractivity contribution >= 4 is 35.2 Å². The van der Waals surface area contributed by atoms with Crippen molar-refractivity contribution < 1.29 is 24.2 Å². The number of methoxy groups -OCH3 is 1. The first-order valence-electron chi connectivity index (χ1n) is 12.2. The summed E-state index contributed by atoms with van der Waals surface area (Å²) in [4.78, 5) is 42.4. The van der Waals surface area contributed by atoms with E-state index in [-0.39, 0.29) is 35.5 Å². The molecule has 1 aromatic rings. The first kappa shape index (κ1) is 24.9. The molecule has 3 amide bonds. The number of hydrogen-bond donors (Lipinski definition) is 3. The molecule has 0 aliphatic carbocycles. The summed E-state index contributed by atoms with van der Waals surface area (Å²) in [6, 6.07) is 6.45. The number of benzene rings is 1. The Kier molecular flexibility index (Phi) is 7.42. The van der Waals surface area contributed by atoms with Crippen molar-refractivity contribution in [3.8, 4) is 5.75 Å². The van der Waals surface area contributed by atoms with Crippen molar-refractivity contribution in [1.29, 1.82) is 0 Å². The number of carbonyl (C=O) groups excluding carboxylic acids is 3. The molecule has 2 bridgehead atoms. The molecule has 1 aromatic carbocycles. The number of carbonyl (C=O) groups is 3. The largest absolute Gasteiger partial charge is 0.497 e. The van der Waals surface area contributed by atoms with Gasteiger partial charge in [0.05, 0.1) is 23.7 Å². The smallest absolute Gasteiger partial charge is 0.248 e. The van der Waals surface area contributed by atoms with Crippen LogP contribution in [0.1, 0.15) is 39.5 Å². The molecule has 1 spiro atoms. The Morgan fingerprint density at radius 1 is 1.24 bits per heavy atom. The van der Waals surface area contributed by atoms with Crippen molar-refractivity contribution in [2.75, 3.05) is 32.1 Å². The number of unbranched alkanes of at least 4 members (excludes halogenated alkanes) is 1. The highest BCUT2D eigenvalue weighted by Crippen LogP contribution is 2.68. The van der Waals surface area contributed by atoms with Gasteiger partial charge in [-0.15, -0.1) is 11.8 Å². The van der Waals surface area contributed by atoms with Crippen molar-refractivity contribution in [1.82, 2.24) is 10.2 Å². The third-order valence-electron chi connectivity index (χ3n) is 7.51. The summed E-state index contributed by atoms with van der Waals surface area (Å²) in [6.07, 6.45) is 2.80. The second-order valence-electron chi connectivity index (χ2n) is 9.52. The van der Waals surface area contributed by atoms with Crippen molar-refractivity contribution in [2.45, 2.75) is 55.6 Å². The minimum absolute atomic E-state index is 0.0363. The summed E-state index contributed by atoms with van der Waals surface area (Å²) in [5, 5.41) is 15.3. The van der Waals surface area contributed by atoms with Crippen LogP contribution in [0.5, 0.6) is 5.75 Å². The Morgan fingerprint density at radius 2 is 1.97 bits per heavy atom. The third-order valence-corrected chi connectivity index (χ3v) is 9.59. The standard InChI is InChI=1S/C25H35N3O5S/c1-4-11-26-22(30)19-18-14-15(2)25(34-18)20(19)24(32)28(12-5-6-13-29)21(25)23(31)27-16-7-9-17(33-3)10-8-16/h7-10,15,18-21,29H,4-6,11-14H2,1-3H3,(H,26,30)(H,27,31)/t15?,18-,19+,20+,21?,25?/m1/s1. The fourth-order valence-electron chi connectivity index (χ4n) is 6.01. The monoisotopic (exact) mass is 489 g/mol. The Labute approximate surface area is 205 Å². The summed E-state index contributed by atoms with van der Waals surface area (Å²) in [5.41, 5.74) is 0.635. The maximum atomic E-state index is 13.8. The Bertz CT molecular complexity index is 926. The number of hydrogen-bond acceptors (Lipinski definition) is 6. The molecule has 3 unspecified atom stereocenters. The number of amides is 3. The lowest BCUT2D eigenvalue weighted by Gasteiger charge is -2.38. The van der Waals surface area contributed by atoms with Crippen molar-refractivity contribution in [3.05, 3.63) is 24.3 Å². The molecule has 0 aromatic heterocycles. The van der Waals surface area contributed by atoms with Gasteiger partial charge in [-0.3, -0.25) is 14.4 Å². The second-order valence-corrected chi connectivity index (χ2v) is 11.1. The number of rotatable bonds is 10. The minimum atomic E-state index is -0.667. The number of aliphatic hydroxyl groups excluding tert-OH is 1. The predicted octanol–water partition coefficient (Wildman–Crippen LogP) is 2.27. The van der Waals surface area contributed by atoms with Gasteiger partial charge in [0.1, 0.15) is 11.8 Å². The van der Waals surface area contributed by atoms with E-state index in [9.17, 15) is 19.5 Å². The fourth-order valence-corrected chi connectivity index (χ4v) is 8.43. The molecule has 9 heteroatoms. The molecule has 4 rings (SSSR count). The number of fused-ring (bicyclic) bond motifs is 1. The lowest BCUT2D eigenvalue weighted by atomic mass is 9.66. The van der Waals surface area contributed by atoms with Crippen LogP contribution in [-0.2, 0) is 14.4 Å². The highest BCUT2D eigenvalue weighted by Gasteiger charge is 2.75. The zero-order chi connectivity index (χ0) is 24.5. The van der Waals surface area contributed by atoms with Gasteiger partial charge in [-0.25, -0.2) is 0 Å². The molecular weight excluding hydrogens is 454 g/mol. The molecule has 3 heterocycles. The van der Waals surface area contributed by atoms with E-state index < -0.39 is 22.6 Å². The first-order valence-corrected chi connectivity index (χ1v) is 13.1. The molecule has 186 valence electrons. The molecular formula is C25H35N3O5S. The molecule has 8 nitrogen and oxygen atoms in total. The van der Waals surface area contributed by atoms with E-state index in [1.165, 1.54) is 0 Å². The Balaban J connectivity index is 1.66. The van der Waals surface area contributed by atoms with Crippen LogP contribution >= 0.6 is 11.8 Å². The van der Waals surface area contributed by atoms with Gasteiger partial charge in [0.15, 0.2) is 0 Å². The average molecular weight is 490 g/mol. The van der Waals surface area contributed by atoms with Crippen LogP contribution in [0.2, 0.25) is 0 Å². The topological polar surface area (TPSA) is 108 Å². The van der Waals surface area contributed by atoms with Crippen LogP contribution in [0.3, 0.4) is 0 Å². The quantitative estimate of drug-likeness (QED) is 0.435. The minimum Gasteiger partial charge on any atom is -0.497 e. The molecule has 3 aliphatic heterocycles. The zero-order valence-electron chi connectivity index (χ0n) is 20.1. The summed E-state index contributed by atoms with van der Waals surface area (Å²) in [5.74, 6) is -0.508. The van der Waals surface area contributed by atoms with Gasteiger partial charge in [-0.1, -0.05) is 13.8 Å². The molecule has 0 saturated carbocycles. The fraction of sp³-hybridized carbons (Fsp3) is 0.640. The molecule has 3 fully saturated rings. The molecule has 0 radical (unpaired) electrons. The highest BCUT2D eigenvalue weighted by atomic mass is 32.2. The van der Waals surface area contributed by atoms with Crippen LogP contribution in [0, 0.1) is 17.8 Å². The predicted molar refractivity (Wildman–Crippen MR) is 132 cm³/mol. The Morgan fingerprint density at radius 3 is 2.62 bits per heavy atom. The van der Waals surface area contributed by atoms with E-state index in [1.807, 2.05) is 6.92 Å². The van der Waals surface area contributed by atoms with E-state index >= 15 is 0 Å². The number of nitrogens with one attached hydrogen (secondary N) is 2. The van der Waals surface area contributed by atoms with Gasteiger partial charge in [0.2, 0.25) is 17.7 Å². The van der Waals surface area contributed by atoms with Crippen LogP contribution in [0.15, 0.2) is 24.3 Å². The number of anilines is 1. The summed E-state index contributed by atoms with van der Waals surface area (Å²) >= 11 is 1.67.